The van der Waals surface area contributed by atoms with Crippen LogP contribution in [0.2, 0.25) is 0 Å². The zero-order valence-corrected chi connectivity index (χ0v) is 63.7. The van der Waals surface area contributed by atoms with Crippen LogP contribution >= 0.6 is 15.6 Å². The summed E-state index contributed by atoms with van der Waals surface area (Å²) in [6, 6.07) is 0. The van der Waals surface area contributed by atoms with E-state index in [1.807, 2.05) is 0 Å². The number of hydrogen-bond donors (Lipinski definition) is 4. The molecule has 5 atom stereocenters. The third-order valence-electron chi connectivity index (χ3n) is 15.8. The van der Waals surface area contributed by atoms with Gasteiger partial charge in [0.1, 0.15) is 25.4 Å². The van der Waals surface area contributed by atoms with Crippen LogP contribution in [0.25, 0.3) is 0 Å². The van der Waals surface area contributed by atoms with E-state index < -0.39 is 91.5 Å². The molecule has 0 rings (SSSR count). The Morgan fingerprint density at radius 1 is 0.293 bits per heavy atom. The molecule has 0 heterocycles. The lowest BCUT2D eigenvalue weighted by Gasteiger charge is -2.21. The topological polar surface area (TPSA) is 231 Å². The van der Waals surface area contributed by atoms with E-state index in [1.54, 1.807) is 0 Å². The monoisotopic (exact) mass is 1430 g/mol. The van der Waals surface area contributed by atoms with Crippen molar-refractivity contribution in [3.63, 3.8) is 0 Å². The quantitative estimate of drug-likeness (QED) is 0.0146. The molecule has 0 amide bonds. The van der Waals surface area contributed by atoms with Gasteiger partial charge in [-0.15, -0.1) is 0 Å². The van der Waals surface area contributed by atoms with Crippen molar-refractivity contribution in [3.05, 3.63) is 134 Å². The Labute approximate surface area is 601 Å². The van der Waals surface area contributed by atoms with Crippen LogP contribution in [-0.2, 0) is 55.8 Å². The third kappa shape index (κ3) is 74.7. The summed E-state index contributed by atoms with van der Waals surface area (Å²) < 4.78 is 61.0. The summed E-state index contributed by atoms with van der Waals surface area (Å²) in [5, 5.41) is 20.6. The lowest BCUT2D eigenvalue weighted by atomic mass is 10.0. The van der Waals surface area contributed by atoms with Crippen molar-refractivity contribution >= 4 is 33.6 Å². The molecule has 568 valence electrons. The number of phosphoric acid groups is 2. The average molecular weight is 1430 g/mol. The molecule has 0 bridgehead atoms. The normalized spacial score (nSPS) is 14.8. The fourth-order valence-electron chi connectivity index (χ4n) is 10.0. The van der Waals surface area contributed by atoms with E-state index in [0.29, 0.717) is 19.3 Å². The highest BCUT2D eigenvalue weighted by Gasteiger charge is 2.29. The largest absolute Gasteiger partial charge is 0.472 e. The summed E-state index contributed by atoms with van der Waals surface area (Å²) in [5.41, 5.74) is 0. The second-order valence-electron chi connectivity index (χ2n) is 25.4. The van der Waals surface area contributed by atoms with Gasteiger partial charge < -0.3 is 34.2 Å². The Morgan fingerprint density at radius 3 is 0.848 bits per heavy atom. The molecule has 0 aliphatic rings. The molecule has 0 spiro atoms. The average Bonchev–Trinajstić information content (AvgIpc) is 1.11. The van der Waals surface area contributed by atoms with Crippen LogP contribution in [0.15, 0.2) is 134 Å². The highest BCUT2D eigenvalue weighted by Crippen LogP contribution is 2.45. The number of aliphatic hydroxyl groups is 2. The van der Waals surface area contributed by atoms with Crippen molar-refractivity contribution in [1.29, 1.82) is 0 Å². The van der Waals surface area contributed by atoms with E-state index in [-0.39, 0.29) is 19.3 Å². The maximum absolute atomic E-state index is 12.9. The summed E-state index contributed by atoms with van der Waals surface area (Å²) in [6.07, 6.45) is 88.0. The van der Waals surface area contributed by atoms with Gasteiger partial charge in [0, 0.05) is 19.3 Å². The minimum absolute atomic E-state index is 0.0762. The molecule has 0 aliphatic heterocycles. The fourth-order valence-corrected chi connectivity index (χ4v) is 11.6. The van der Waals surface area contributed by atoms with Gasteiger partial charge in [-0.05, 0) is 135 Å². The summed E-state index contributed by atoms with van der Waals surface area (Å²) in [7, 11) is -9.80. The van der Waals surface area contributed by atoms with Crippen molar-refractivity contribution < 1.29 is 75.8 Å². The summed E-state index contributed by atoms with van der Waals surface area (Å²) >= 11 is 0. The lowest BCUT2D eigenvalue weighted by Crippen LogP contribution is -2.30. The Morgan fingerprint density at radius 2 is 0.535 bits per heavy atom. The first-order valence-electron chi connectivity index (χ1n) is 38.5. The van der Waals surface area contributed by atoms with E-state index in [1.165, 1.54) is 103 Å². The molecule has 0 saturated heterocycles. The molecule has 0 radical (unpaired) electrons. The van der Waals surface area contributed by atoms with Crippen LogP contribution in [0.1, 0.15) is 303 Å². The van der Waals surface area contributed by atoms with E-state index in [0.717, 1.165) is 141 Å². The van der Waals surface area contributed by atoms with Crippen molar-refractivity contribution in [2.45, 2.75) is 322 Å². The van der Waals surface area contributed by atoms with Crippen molar-refractivity contribution in [3.8, 4) is 0 Å². The summed E-state index contributed by atoms with van der Waals surface area (Å²) in [5.74, 6) is -1.62. The van der Waals surface area contributed by atoms with Crippen molar-refractivity contribution in [1.82, 2.24) is 0 Å². The summed E-state index contributed by atoms with van der Waals surface area (Å²) in [6.45, 7) is 2.37. The molecule has 0 aromatic heterocycles. The molecule has 0 aromatic carbocycles. The zero-order chi connectivity index (χ0) is 72.3. The van der Waals surface area contributed by atoms with Crippen LogP contribution in [-0.4, -0.2) is 95.9 Å². The van der Waals surface area contributed by atoms with Gasteiger partial charge in [-0.1, -0.05) is 283 Å². The van der Waals surface area contributed by atoms with E-state index in [9.17, 15) is 43.5 Å². The van der Waals surface area contributed by atoms with Gasteiger partial charge >= 0.3 is 33.6 Å². The van der Waals surface area contributed by atoms with Gasteiger partial charge in [0.05, 0.1) is 26.4 Å². The number of esters is 3. The second-order valence-corrected chi connectivity index (χ2v) is 28.3. The molecule has 18 heteroatoms. The van der Waals surface area contributed by atoms with Gasteiger partial charge in [-0.2, -0.15) is 0 Å². The molecule has 5 unspecified atom stereocenters. The third-order valence-corrected chi connectivity index (χ3v) is 17.7. The Bertz CT molecular complexity index is 2330. The van der Waals surface area contributed by atoms with E-state index >= 15 is 0 Å². The maximum atomic E-state index is 12.9. The van der Waals surface area contributed by atoms with Crippen LogP contribution < -0.4 is 0 Å². The standard InChI is InChI=1S/C81H138O16P2/c1-4-7-10-13-16-19-22-25-28-30-31-32-33-34-35-36-37-38-39-40-41-42-43-45-48-49-52-55-58-61-64-67-79(84)91-70-76(82)71-93-98(87,88)94-72-77(83)73-95-99(89,90)96-75-78(97-81(86)69-66-63-60-57-54-51-46-27-24-21-18-15-12-9-6-3)74-92-80(85)68-65-62-59-56-53-50-47-44-29-26-23-20-17-14-11-8-5-2/h8-9,11-12,16-21,25-29,31-32,34-35,46-47,50,76-78,82-83H,4-7,10,13-15,22-24,30,33,36-45,48-49,51-75H2,1-3H3,(H,87,88)(H,89,90)/b11-8-,12-9-,19-16-,20-17-,21-18-,28-25-,29-26-,32-31-,35-34-,46-27-,50-47-. The molecule has 99 heavy (non-hydrogen) atoms. The highest BCUT2D eigenvalue weighted by molar-refractivity contribution is 7.47. The number of ether oxygens (including phenoxy) is 3. The molecular formula is C81H138O16P2. The maximum Gasteiger partial charge on any atom is 0.472 e. The number of hydrogen-bond acceptors (Lipinski definition) is 14. The second kappa shape index (κ2) is 73.4. The number of phosphoric ester groups is 2. The number of rotatable bonds is 72. The van der Waals surface area contributed by atoms with Crippen LogP contribution in [0.5, 0.6) is 0 Å². The first-order valence-corrected chi connectivity index (χ1v) is 41.5. The molecular weight excluding hydrogens is 1290 g/mol. The van der Waals surface area contributed by atoms with Crippen LogP contribution in [0.4, 0.5) is 0 Å². The number of carbonyl (C=O) groups excluding carboxylic acids is 3. The van der Waals surface area contributed by atoms with Gasteiger partial charge in [0.2, 0.25) is 0 Å². The van der Waals surface area contributed by atoms with Gasteiger partial charge in [0.25, 0.3) is 0 Å². The number of unbranched alkanes of at least 4 members (excludes halogenated alkanes) is 27. The van der Waals surface area contributed by atoms with E-state index in [2.05, 4.69) is 154 Å². The first-order chi connectivity index (χ1) is 48.2. The number of carbonyl (C=O) groups is 3. The molecule has 0 saturated carbocycles. The first kappa shape index (κ1) is 94.7. The fraction of sp³-hybridized carbons (Fsp3) is 0.691. The van der Waals surface area contributed by atoms with E-state index in [4.69, 9.17) is 32.3 Å². The predicted molar refractivity (Wildman–Crippen MR) is 408 cm³/mol. The van der Waals surface area contributed by atoms with Crippen molar-refractivity contribution in [2.24, 2.45) is 0 Å². The van der Waals surface area contributed by atoms with Crippen LogP contribution in [0.3, 0.4) is 0 Å². The zero-order valence-electron chi connectivity index (χ0n) is 61.9. The minimum Gasteiger partial charge on any atom is -0.463 e. The lowest BCUT2D eigenvalue weighted by molar-refractivity contribution is -0.161. The Hall–Kier alpha value is -4.31. The molecule has 0 aliphatic carbocycles. The van der Waals surface area contributed by atoms with Gasteiger partial charge in [0.15, 0.2) is 6.10 Å². The smallest absolute Gasteiger partial charge is 0.463 e. The number of allylic oxidation sites excluding steroid dienone is 22. The number of aliphatic hydroxyl groups excluding tert-OH is 2. The summed E-state index contributed by atoms with van der Waals surface area (Å²) in [4.78, 5) is 58.5. The minimum atomic E-state index is -4.94. The van der Waals surface area contributed by atoms with Gasteiger partial charge in [-0.3, -0.25) is 32.5 Å². The molecule has 16 nitrogen and oxygen atoms in total. The van der Waals surface area contributed by atoms with Crippen LogP contribution in [0, 0.1) is 0 Å². The predicted octanol–water partition coefficient (Wildman–Crippen LogP) is 22.3. The molecule has 0 fully saturated rings. The molecule has 4 N–H and O–H groups in total. The highest BCUT2D eigenvalue weighted by atomic mass is 31.2. The van der Waals surface area contributed by atoms with Gasteiger partial charge in [-0.25, -0.2) is 9.13 Å². The SMILES string of the molecule is CC/C=C\C/C=C\C/C=C\C/C=C\CCCCCCC(=O)OCC(COP(=O)(O)OCC(O)COP(=O)(O)OCC(O)COC(=O)CCCCCCCCCCCCCCCCC/C=C\C/C=C\C/C=C\C/C=C\CCCCC)OC(=O)CCCCCCC/C=C\C/C=C\C/C=C\CC. The Balaban J connectivity index is 4.48. The molecule has 0 aromatic rings. The van der Waals surface area contributed by atoms with Crippen molar-refractivity contribution in [2.75, 3.05) is 39.6 Å². The Kier molecular flexibility index (Phi) is 70.2.